The number of hydrogen-bond acceptors (Lipinski definition) is 5. The standard InChI is InChI=1S/C9H10FN3.C8H6FN3/c1-11-5-6-12-13-9-4-2-3-8(10)7-9;9-7-2-1-3-8(6-7)12-10-4-5-11-12/h2-7,13H,1H3;1-6H/b11-5?,12-6+;. The number of nitrogens with zero attached hydrogens (tertiary/aromatic N) is 5. The zero-order valence-corrected chi connectivity index (χ0v) is 13.4. The van der Waals surface area contributed by atoms with Crippen LogP contribution in [0.3, 0.4) is 0 Å². The topological polar surface area (TPSA) is 67.5 Å². The molecular weight excluding hydrogens is 326 g/mol. The molecule has 0 fully saturated rings. The van der Waals surface area contributed by atoms with Crippen LogP contribution in [0.5, 0.6) is 0 Å². The third-order valence-electron chi connectivity index (χ3n) is 2.77. The fraction of sp³-hybridized carbons (Fsp3) is 0.0588. The lowest BCUT2D eigenvalue weighted by molar-refractivity contribution is 0.622. The average molecular weight is 342 g/mol. The Morgan fingerprint density at radius 2 is 1.64 bits per heavy atom. The van der Waals surface area contributed by atoms with Crippen LogP contribution in [0.15, 0.2) is 71.0 Å². The zero-order chi connectivity index (χ0) is 17.9. The number of aliphatic imine (C=N–C) groups is 1. The molecule has 1 N–H and O–H groups in total. The monoisotopic (exact) mass is 342 g/mol. The van der Waals surface area contributed by atoms with E-state index in [-0.39, 0.29) is 11.6 Å². The van der Waals surface area contributed by atoms with Crippen LogP contribution in [-0.2, 0) is 0 Å². The number of aromatic nitrogens is 3. The smallest absolute Gasteiger partial charge is 0.125 e. The highest BCUT2D eigenvalue weighted by Crippen LogP contribution is 2.08. The SMILES string of the molecule is CN=C/C=N/Nc1cccc(F)c1.Fc1cccc(-n2nccn2)c1. The average Bonchev–Trinajstić information content (AvgIpc) is 3.14. The predicted octanol–water partition coefficient (Wildman–Crippen LogP) is 3.33. The summed E-state index contributed by atoms with van der Waals surface area (Å²) in [6.45, 7) is 0. The van der Waals surface area contributed by atoms with E-state index in [1.165, 1.54) is 41.5 Å². The first-order valence-corrected chi connectivity index (χ1v) is 7.26. The van der Waals surface area contributed by atoms with Crippen molar-refractivity contribution >= 4 is 18.1 Å². The van der Waals surface area contributed by atoms with Gasteiger partial charge in [0.05, 0.1) is 30.0 Å². The maximum absolute atomic E-state index is 12.7. The number of hydrogen-bond donors (Lipinski definition) is 1. The fourth-order valence-corrected chi connectivity index (χ4v) is 1.72. The van der Waals surface area contributed by atoms with Crippen LogP contribution in [-0.4, -0.2) is 34.5 Å². The first-order chi connectivity index (χ1) is 12.2. The quantitative estimate of drug-likeness (QED) is 0.584. The Morgan fingerprint density at radius 3 is 2.28 bits per heavy atom. The van der Waals surface area contributed by atoms with Gasteiger partial charge in [0.1, 0.15) is 11.6 Å². The predicted molar refractivity (Wildman–Crippen MR) is 94.2 cm³/mol. The molecule has 6 nitrogen and oxygen atoms in total. The zero-order valence-electron chi connectivity index (χ0n) is 13.4. The lowest BCUT2D eigenvalue weighted by atomic mass is 10.3. The van der Waals surface area contributed by atoms with Crippen molar-refractivity contribution in [3.63, 3.8) is 0 Å². The summed E-state index contributed by atoms with van der Waals surface area (Å²) in [6, 6.07) is 12.2. The van der Waals surface area contributed by atoms with Crippen molar-refractivity contribution in [2.45, 2.75) is 0 Å². The molecule has 0 bridgehead atoms. The van der Waals surface area contributed by atoms with Crippen molar-refractivity contribution in [2.24, 2.45) is 10.1 Å². The summed E-state index contributed by atoms with van der Waals surface area (Å²) in [5, 5.41) is 11.5. The highest BCUT2D eigenvalue weighted by atomic mass is 19.1. The number of rotatable bonds is 4. The van der Waals surface area contributed by atoms with Crippen LogP contribution in [0.1, 0.15) is 0 Å². The van der Waals surface area contributed by atoms with E-state index < -0.39 is 0 Å². The molecule has 0 aliphatic carbocycles. The molecule has 0 unspecified atom stereocenters. The molecule has 0 radical (unpaired) electrons. The van der Waals surface area contributed by atoms with Crippen molar-refractivity contribution in [1.29, 1.82) is 0 Å². The maximum Gasteiger partial charge on any atom is 0.125 e. The Labute approximate surface area is 143 Å². The van der Waals surface area contributed by atoms with E-state index in [0.29, 0.717) is 11.4 Å². The van der Waals surface area contributed by atoms with Crippen LogP contribution in [0, 0.1) is 11.6 Å². The summed E-state index contributed by atoms with van der Waals surface area (Å²) in [7, 11) is 1.65. The second kappa shape index (κ2) is 9.66. The minimum Gasteiger partial charge on any atom is -0.295 e. The first-order valence-electron chi connectivity index (χ1n) is 7.26. The van der Waals surface area contributed by atoms with Gasteiger partial charge in [-0.2, -0.15) is 20.1 Å². The van der Waals surface area contributed by atoms with E-state index in [2.05, 4.69) is 25.7 Å². The third kappa shape index (κ3) is 6.30. The fourth-order valence-electron chi connectivity index (χ4n) is 1.72. The first kappa shape index (κ1) is 17.9. The van der Waals surface area contributed by atoms with E-state index in [1.54, 1.807) is 43.7 Å². The maximum atomic E-state index is 12.7. The van der Waals surface area contributed by atoms with Gasteiger partial charge in [-0.25, -0.2) is 8.78 Å². The Kier molecular flexibility index (Phi) is 6.93. The van der Waals surface area contributed by atoms with Gasteiger partial charge in [-0.3, -0.25) is 10.4 Å². The van der Waals surface area contributed by atoms with Crippen LogP contribution >= 0.6 is 0 Å². The molecule has 0 aliphatic rings. The summed E-state index contributed by atoms with van der Waals surface area (Å²) >= 11 is 0. The third-order valence-corrected chi connectivity index (χ3v) is 2.77. The van der Waals surface area contributed by atoms with E-state index in [4.69, 9.17) is 0 Å². The molecule has 0 saturated carbocycles. The highest BCUT2D eigenvalue weighted by Gasteiger charge is 1.97. The van der Waals surface area contributed by atoms with Crippen molar-refractivity contribution in [3.8, 4) is 5.69 Å². The van der Waals surface area contributed by atoms with Gasteiger partial charge in [0, 0.05) is 19.3 Å². The van der Waals surface area contributed by atoms with Crippen molar-refractivity contribution < 1.29 is 8.78 Å². The Balaban J connectivity index is 0.000000181. The molecule has 3 rings (SSSR count). The lowest BCUT2D eigenvalue weighted by Crippen LogP contribution is -1.97. The molecule has 8 heteroatoms. The summed E-state index contributed by atoms with van der Waals surface area (Å²) in [6.07, 6.45) is 6.12. The number of hydrazone groups is 1. The second-order valence-electron chi connectivity index (χ2n) is 4.61. The van der Waals surface area contributed by atoms with E-state index in [9.17, 15) is 8.78 Å². The van der Waals surface area contributed by atoms with Crippen molar-refractivity contribution in [2.75, 3.05) is 12.5 Å². The largest absolute Gasteiger partial charge is 0.295 e. The van der Waals surface area contributed by atoms with Crippen LogP contribution in [0.25, 0.3) is 5.69 Å². The van der Waals surface area contributed by atoms with Crippen LogP contribution in [0.2, 0.25) is 0 Å². The molecule has 0 spiro atoms. The normalized spacial score (nSPS) is 10.7. The van der Waals surface area contributed by atoms with Crippen LogP contribution in [0.4, 0.5) is 14.5 Å². The van der Waals surface area contributed by atoms with Gasteiger partial charge < -0.3 is 0 Å². The molecule has 128 valence electrons. The molecule has 3 aromatic rings. The molecule has 1 aromatic heterocycles. The molecular formula is C17H16F2N6. The molecule has 0 aliphatic heterocycles. The van der Waals surface area contributed by atoms with Crippen molar-refractivity contribution in [1.82, 2.24) is 15.0 Å². The molecule has 0 saturated heterocycles. The van der Waals surface area contributed by atoms with Gasteiger partial charge in [0.2, 0.25) is 0 Å². The second-order valence-corrected chi connectivity index (χ2v) is 4.61. The summed E-state index contributed by atoms with van der Waals surface area (Å²) < 4.78 is 25.3. The molecule has 0 amide bonds. The summed E-state index contributed by atoms with van der Waals surface area (Å²) in [4.78, 5) is 5.06. The van der Waals surface area contributed by atoms with Gasteiger partial charge in [-0.15, -0.1) is 0 Å². The number of halogens is 2. The van der Waals surface area contributed by atoms with Gasteiger partial charge in [-0.1, -0.05) is 12.1 Å². The Morgan fingerprint density at radius 1 is 0.960 bits per heavy atom. The van der Waals surface area contributed by atoms with E-state index >= 15 is 0 Å². The Bertz CT molecular complexity index is 831. The molecule has 2 aromatic carbocycles. The highest BCUT2D eigenvalue weighted by molar-refractivity contribution is 6.16. The van der Waals surface area contributed by atoms with Crippen molar-refractivity contribution in [3.05, 3.63) is 72.6 Å². The number of benzene rings is 2. The lowest BCUT2D eigenvalue weighted by Gasteiger charge is -1.97. The van der Waals surface area contributed by atoms with Crippen LogP contribution < -0.4 is 5.43 Å². The molecule has 25 heavy (non-hydrogen) atoms. The number of anilines is 1. The minimum absolute atomic E-state index is 0.287. The number of nitrogens with one attached hydrogen (secondary N) is 1. The summed E-state index contributed by atoms with van der Waals surface area (Å²) in [5.74, 6) is -0.575. The van der Waals surface area contributed by atoms with Gasteiger partial charge in [0.15, 0.2) is 0 Å². The van der Waals surface area contributed by atoms with Gasteiger partial charge in [0.25, 0.3) is 0 Å². The Hall–Kier alpha value is -3.42. The minimum atomic E-state index is -0.288. The molecule has 1 heterocycles. The van der Waals surface area contributed by atoms with Gasteiger partial charge >= 0.3 is 0 Å². The van der Waals surface area contributed by atoms with E-state index in [1.807, 2.05) is 0 Å². The van der Waals surface area contributed by atoms with E-state index in [0.717, 1.165) is 0 Å². The summed E-state index contributed by atoms with van der Waals surface area (Å²) in [5.41, 5.74) is 3.90. The van der Waals surface area contributed by atoms with Gasteiger partial charge in [-0.05, 0) is 30.3 Å². The molecule has 0 atom stereocenters.